The number of amides is 2. The molecule has 18 heteroatoms. The second-order valence-electron chi connectivity index (χ2n) is 21.8. The molecule has 5 rings (SSSR count). The van der Waals surface area contributed by atoms with Crippen LogP contribution in [-0.4, -0.2) is 104 Å². The van der Waals surface area contributed by atoms with Crippen molar-refractivity contribution < 1.29 is 56.5 Å². The Morgan fingerprint density at radius 2 is 0.803 bits per heavy atom. The highest BCUT2D eigenvalue weighted by atomic mass is 79.9. The molecule has 2 aromatic rings. The van der Waals surface area contributed by atoms with E-state index in [4.69, 9.17) is 46.9 Å². The Kier molecular flexibility index (Phi) is 20.0. The van der Waals surface area contributed by atoms with Gasteiger partial charge in [0.25, 0.3) is 0 Å². The Bertz CT molecular complexity index is 1750. The summed E-state index contributed by atoms with van der Waals surface area (Å²) in [6, 6.07) is 15.5. The van der Waals surface area contributed by atoms with Gasteiger partial charge in [-0.05, 0) is 192 Å². The van der Waals surface area contributed by atoms with Gasteiger partial charge in [0.05, 0.1) is 46.8 Å². The molecular weight excluding hydrogens is 909 g/mol. The first-order chi connectivity index (χ1) is 30.1. The molecule has 0 radical (unpaired) electrons. The molecule has 3 saturated heterocycles. The quantitative estimate of drug-likeness (QED) is 0.137. The lowest BCUT2D eigenvalue weighted by atomic mass is 9.49. The SMILES string of the molecule is CC(C)(C)OC(=O)NCCCCOc1ccc(B2OC(C)(C)C(C)(C)O2)cc1.CC(C)(C)OC(=O)NCCCCOc1ccc(Br)cc1.CC1(C)OB(B2OC(C)(C)C(C)(C)O2)OC1(C)C. The highest BCUT2D eigenvalue weighted by molar-refractivity contribution is 9.10. The molecule has 0 atom stereocenters. The summed E-state index contributed by atoms with van der Waals surface area (Å²) in [5.41, 5.74) is -2.08. The Hall–Kier alpha value is -2.99. The topological polar surface area (TPSA) is 150 Å². The van der Waals surface area contributed by atoms with E-state index in [-0.39, 0.29) is 52.9 Å². The lowest BCUT2D eigenvalue weighted by Crippen LogP contribution is -2.41. The Morgan fingerprint density at radius 1 is 0.500 bits per heavy atom. The number of alkyl carbamates (subject to hydrolysis) is 2. The first kappa shape index (κ1) is 57.3. The first-order valence-corrected chi connectivity index (χ1v) is 24.1. The third kappa shape index (κ3) is 18.2. The molecule has 2 amide bonds. The van der Waals surface area contributed by atoms with Gasteiger partial charge in [-0.3, -0.25) is 0 Å². The van der Waals surface area contributed by atoms with Crippen LogP contribution >= 0.6 is 15.9 Å². The zero-order chi connectivity index (χ0) is 50.0. The van der Waals surface area contributed by atoms with Gasteiger partial charge in [-0.1, -0.05) is 28.1 Å². The molecule has 3 aliphatic rings. The molecule has 370 valence electrons. The highest BCUT2D eigenvalue weighted by Crippen LogP contribution is 2.43. The highest BCUT2D eigenvalue weighted by Gasteiger charge is 2.63. The number of hydrogen-bond donors (Lipinski definition) is 2. The Morgan fingerprint density at radius 3 is 1.12 bits per heavy atom. The van der Waals surface area contributed by atoms with E-state index in [1.165, 1.54) is 0 Å². The summed E-state index contributed by atoms with van der Waals surface area (Å²) in [6.07, 6.45) is 2.65. The van der Waals surface area contributed by atoms with Crippen molar-refractivity contribution in [3.05, 3.63) is 53.0 Å². The number of unbranched alkanes of at least 4 members (excludes halogenated alkanes) is 2. The van der Waals surface area contributed by atoms with Crippen LogP contribution in [-0.2, 0) is 37.4 Å². The lowest BCUT2D eigenvalue weighted by Gasteiger charge is -2.32. The zero-order valence-electron chi connectivity index (χ0n) is 43.3. The molecule has 3 fully saturated rings. The average molecular weight is 990 g/mol. The summed E-state index contributed by atoms with van der Waals surface area (Å²) in [5, 5.41) is 5.47. The normalized spacial score (nSPS) is 19.7. The zero-order valence-corrected chi connectivity index (χ0v) is 44.9. The van der Waals surface area contributed by atoms with Crippen LogP contribution in [0.3, 0.4) is 0 Å². The van der Waals surface area contributed by atoms with Crippen LogP contribution in [0, 0.1) is 0 Å². The molecule has 14 nitrogen and oxygen atoms in total. The van der Waals surface area contributed by atoms with E-state index < -0.39 is 25.2 Å². The second-order valence-corrected chi connectivity index (χ2v) is 22.7. The summed E-state index contributed by atoms with van der Waals surface area (Å²) >= 11 is 3.37. The van der Waals surface area contributed by atoms with Crippen molar-refractivity contribution in [3.63, 3.8) is 0 Å². The molecule has 3 heterocycles. The van der Waals surface area contributed by atoms with Crippen LogP contribution < -0.4 is 25.6 Å². The number of nitrogens with one attached hydrogen (secondary N) is 2. The maximum Gasteiger partial charge on any atom is 0.494 e. The largest absolute Gasteiger partial charge is 0.494 e. The van der Waals surface area contributed by atoms with Crippen molar-refractivity contribution in [2.75, 3.05) is 26.3 Å². The first-order valence-electron chi connectivity index (χ1n) is 23.3. The smallest absolute Gasteiger partial charge is 0.494 e. The van der Waals surface area contributed by atoms with Gasteiger partial charge in [-0.2, -0.15) is 0 Å². The third-order valence-corrected chi connectivity index (χ3v) is 12.5. The predicted molar refractivity (Wildman–Crippen MR) is 266 cm³/mol. The summed E-state index contributed by atoms with van der Waals surface area (Å²) in [5.74, 6) is 1.66. The molecule has 0 unspecified atom stereocenters. The minimum absolute atomic E-state index is 0.347. The van der Waals surface area contributed by atoms with E-state index in [1.54, 1.807) is 0 Å². The van der Waals surface area contributed by atoms with Crippen LogP contribution in [0.1, 0.15) is 150 Å². The summed E-state index contributed by atoms with van der Waals surface area (Å²) in [6.45, 7) is 37.8. The van der Waals surface area contributed by atoms with Crippen molar-refractivity contribution in [1.82, 2.24) is 10.6 Å². The molecule has 0 aliphatic carbocycles. The molecule has 2 N–H and O–H groups in total. The van der Waals surface area contributed by atoms with Gasteiger partial charge >= 0.3 is 33.3 Å². The lowest BCUT2D eigenvalue weighted by molar-refractivity contribution is 0.00578. The maximum atomic E-state index is 11.5. The van der Waals surface area contributed by atoms with E-state index in [2.05, 4.69) is 26.6 Å². The summed E-state index contributed by atoms with van der Waals surface area (Å²) in [7, 11) is -1.31. The van der Waals surface area contributed by atoms with Gasteiger partial charge in [0, 0.05) is 17.6 Å². The van der Waals surface area contributed by atoms with Gasteiger partial charge in [0.2, 0.25) is 0 Å². The van der Waals surface area contributed by atoms with E-state index >= 15 is 0 Å². The van der Waals surface area contributed by atoms with Gasteiger partial charge in [0.15, 0.2) is 0 Å². The third-order valence-electron chi connectivity index (χ3n) is 12.0. The molecular formula is C48H80B3BrN2O12. The minimum atomic E-state index is -0.476. The minimum Gasteiger partial charge on any atom is -0.494 e. The number of hydrogen-bond acceptors (Lipinski definition) is 12. The van der Waals surface area contributed by atoms with E-state index in [0.29, 0.717) is 26.3 Å². The number of carbonyl (C=O) groups is 2. The fourth-order valence-electron chi connectivity index (χ4n) is 6.07. The van der Waals surface area contributed by atoms with E-state index in [9.17, 15) is 9.59 Å². The summed E-state index contributed by atoms with van der Waals surface area (Å²) in [4.78, 5) is 22.9. The van der Waals surface area contributed by atoms with Gasteiger partial charge in [-0.25, -0.2) is 9.59 Å². The second kappa shape index (κ2) is 23.1. The number of carbonyl (C=O) groups excluding carboxylic acids is 2. The molecule has 3 aliphatic heterocycles. The number of halogens is 1. The van der Waals surface area contributed by atoms with Gasteiger partial charge < -0.3 is 57.5 Å². The van der Waals surface area contributed by atoms with Gasteiger partial charge in [0.1, 0.15) is 22.7 Å². The monoisotopic (exact) mass is 989 g/mol. The fourth-order valence-corrected chi connectivity index (χ4v) is 6.34. The van der Waals surface area contributed by atoms with Crippen LogP contribution in [0.25, 0.3) is 0 Å². The molecule has 0 aromatic heterocycles. The van der Waals surface area contributed by atoms with Crippen LogP contribution in [0.4, 0.5) is 9.59 Å². The van der Waals surface area contributed by atoms with Crippen LogP contribution in [0.2, 0.25) is 0 Å². The number of rotatable bonds is 14. The molecule has 2 aromatic carbocycles. The van der Waals surface area contributed by atoms with Crippen LogP contribution in [0.15, 0.2) is 53.0 Å². The fraction of sp³-hybridized carbons (Fsp3) is 0.708. The maximum absolute atomic E-state index is 11.5. The van der Waals surface area contributed by atoms with Crippen molar-refractivity contribution in [3.8, 4) is 11.5 Å². The van der Waals surface area contributed by atoms with Crippen molar-refractivity contribution in [2.45, 2.75) is 195 Å². The van der Waals surface area contributed by atoms with E-state index in [1.807, 2.05) is 173 Å². The Balaban J connectivity index is 0.000000271. The molecule has 0 spiro atoms. The standard InChI is InChI=1S/C21H34BNO5.C15H22BrNO3.C12H24B2O4/c1-19(2,3)26-18(24)23-14-8-9-15-25-17-12-10-16(11-13-17)22-27-20(4,5)21(6,7)28-22;1-15(2,3)20-14(18)17-10-4-5-11-19-13-8-6-12(16)7-9-13;1-9(2)10(3,4)16-13(15-9)14-17-11(5,6)12(7,8)18-14/h10-13H,8-9,14-15H2,1-7H3,(H,23,24);6-9H,4-5,10-11H2,1-3H3,(H,17,18);1-8H3. The average Bonchev–Trinajstić information content (AvgIpc) is 3.63. The molecule has 66 heavy (non-hydrogen) atoms. The predicted octanol–water partition coefficient (Wildman–Crippen LogP) is 10.1. The van der Waals surface area contributed by atoms with Crippen molar-refractivity contribution in [2.24, 2.45) is 0 Å². The Labute approximate surface area is 406 Å². The number of ether oxygens (including phenoxy) is 4. The summed E-state index contributed by atoms with van der Waals surface area (Å²) < 4.78 is 58.7. The van der Waals surface area contributed by atoms with Crippen LogP contribution in [0.5, 0.6) is 11.5 Å². The molecule has 0 bridgehead atoms. The van der Waals surface area contributed by atoms with Crippen molar-refractivity contribution >= 4 is 54.7 Å². The van der Waals surface area contributed by atoms with Gasteiger partial charge in [-0.15, -0.1) is 0 Å². The van der Waals surface area contributed by atoms with Crippen molar-refractivity contribution in [1.29, 1.82) is 0 Å². The number of benzene rings is 2. The molecule has 0 saturated carbocycles. The van der Waals surface area contributed by atoms with E-state index in [0.717, 1.165) is 47.1 Å².